The van der Waals surface area contributed by atoms with Gasteiger partial charge in [0.05, 0.1) is 16.8 Å². The maximum absolute atomic E-state index is 12.8. The van der Waals surface area contributed by atoms with Crippen LogP contribution in [0.25, 0.3) is 22.0 Å². The average molecular weight is 352 g/mol. The average Bonchev–Trinajstić information content (AvgIpc) is 2.54. The van der Waals surface area contributed by atoms with Gasteiger partial charge in [0, 0.05) is 17.1 Å². The molecule has 0 aliphatic rings. The lowest BCUT2D eigenvalue weighted by atomic mass is 9.98. The highest BCUT2D eigenvalue weighted by molar-refractivity contribution is 5.97. The molecule has 7 heteroatoms. The van der Waals surface area contributed by atoms with Gasteiger partial charge in [0.25, 0.3) is 0 Å². The van der Waals surface area contributed by atoms with Crippen LogP contribution in [0.5, 0.6) is 5.75 Å². The molecular formula is C17H16ClF2N3O. The van der Waals surface area contributed by atoms with Crippen LogP contribution in [-0.4, -0.2) is 16.6 Å². The van der Waals surface area contributed by atoms with Crippen LogP contribution in [0.3, 0.4) is 0 Å². The number of anilines is 1. The predicted octanol–water partition coefficient (Wildman–Crippen LogP) is 4.46. The molecule has 3 rings (SSSR count). The molecule has 1 aromatic carbocycles. The Labute approximate surface area is 144 Å². The van der Waals surface area contributed by atoms with Crippen LogP contribution in [-0.2, 0) is 6.42 Å². The van der Waals surface area contributed by atoms with Gasteiger partial charge in [-0.1, -0.05) is 13.0 Å². The summed E-state index contributed by atoms with van der Waals surface area (Å²) in [6.45, 7) is -0.987. The molecule has 0 amide bonds. The SMILES string of the molecule is CCc1nc(N)ccc1-c1c(OC(F)F)ccc2cccnc12.Cl. The number of halogens is 3. The van der Waals surface area contributed by atoms with Crippen molar-refractivity contribution in [2.75, 3.05) is 5.73 Å². The standard InChI is InChI=1S/C17H15F2N3O.ClH/c1-2-12-11(6-8-14(20)22-12)15-13(23-17(18)19)7-5-10-4-3-9-21-16(10)15;/h3-9,17H,2H2,1H3,(H2,20,22);1H. The first kappa shape index (κ1) is 17.9. The maximum Gasteiger partial charge on any atom is 0.387 e. The first-order valence-electron chi connectivity index (χ1n) is 7.18. The molecule has 0 saturated heterocycles. The first-order valence-corrected chi connectivity index (χ1v) is 7.18. The molecule has 0 radical (unpaired) electrons. The lowest BCUT2D eigenvalue weighted by Gasteiger charge is -2.15. The molecular weight excluding hydrogens is 336 g/mol. The number of fused-ring (bicyclic) bond motifs is 1. The minimum atomic E-state index is -2.92. The van der Waals surface area contributed by atoms with Crippen LogP contribution in [0, 0.1) is 0 Å². The highest BCUT2D eigenvalue weighted by Gasteiger charge is 2.18. The lowest BCUT2D eigenvalue weighted by Crippen LogP contribution is -2.05. The number of hydrogen-bond acceptors (Lipinski definition) is 4. The summed E-state index contributed by atoms with van der Waals surface area (Å²) < 4.78 is 30.3. The van der Waals surface area contributed by atoms with Gasteiger partial charge in [-0.3, -0.25) is 4.98 Å². The Bertz CT molecular complexity index is 858. The van der Waals surface area contributed by atoms with E-state index in [0.29, 0.717) is 34.6 Å². The molecule has 0 spiro atoms. The Morgan fingerprint density at radius 3 is 2.67 bits per heavy atom. The number of ether oxygens (including phenoxy) is 1. The zero-order valence-electron chi connectivity index (χ0n) is 12.9. The van der Waals surface area contributed by atoms with Crippen LogP contribution in [0.4, 0.5) is 14.6 Å². The third-order valence-corrected chi connectivity index (χ3v) is 3.55. The first-order chi connectivity index (χ1) is 11.1. The summed E-state index contributed by atoms with van der Waals surface area (Å²) in [6.07, 6.45) is 2.23. The number of benzene rings is 1. The summed E-state index contributed by atoms with van der Waals surface area (Å²) in [6, 6.07) is 10.3. The van der Waals surface area contributed by atoms with Crippen molar-refractivity contribution < 1.29 is 13.5 Å². The third-order valence-electron chi connectivity index (χ3n) is 3.55. The van der Waals surface area contributed by atoms with E-state index in [9.17, 15) is 8.78 Å². The molecule has 0 atom stereocenters. The van der Waals surface area contributed by atoms with Crippen LogP contribution >= 0.6 is 12.4 Å². The van der Waals surface area contributed by atoms with Crippen molar-refractivity contribution in [3.63, 3.8) is 0 Å². The van der Waals surface area contributed by atoms with Crippen molar-refractivity contribution in [1.82, 2.24) is 9.97 Å². The number of pyridine rings is 2. The summed E-state index contributed by atoms with van der Waals surface area (Å²) in [5.74, 6) is 0.461. The smallest absolute Gasteiger partial charge is 0.387 e. The van der Waals surface area contributed by atoms with E-state index in [4.69, 9.17) is 10.5 Å². The number of hydrogen-bond donors (Lipinski definition) is 1. The normalized spacial score (nSPS) is 10.7. The highest BCUT2D eigenvalue weighted by Crippen LogP contribution is 2.38. The zero-order valence-corrected chi connectivity index (χ0v) is 13.7. The van der Waals surface area contributed by atoms with Crippen molar-refractivity contribution in [2.45, 2.75) is 20.0 Å². The fourth-order valence-electron chi connectivity index (χ4n) is 2.60. The Morgan fingerprint density at radius 1 is 1.17 bits per heavy atom. The molecule has 0 saturated carbocycles. The number of rotatable bonds is 4. The Hall–Kier alpha value is -2.47. The third kappa shape index (κ3) is 3.38. The molecule has 2 aromatic heterocycles. The van der Waals surface area contributed by atoms with Gasteiger partial charge >= 0.3 is 6.61 Å². The molecule has 0 aliphatic carbocycles. The molecule has 3 aromatic rings. The van der Waals surface area contributed by atoms with Crippen molar-refractivity contribution in [3.05, 3.63) is 48.3 Å². The molecule has 24 heavy (non-hydrogen) atoms. The van der Waals surface area contributed by atoms with E-state index in [2.05, 4.69) is 9.97 Å². The van der Waals surface area contributed by atoms with E-state index in [-0.39, 0.29) is 18.2 Å². The monoisotopic (exact) mass is 351 g/mol. The van der Waals surface area contributed by atoms with E-state index in [1.807, 2.05) is 13.0 Å². The molecule has 0 fully saturated rings. The Kier molecular flexibility index (Phi) is 5.51. The summed E-state index contributed by atoms with van der Waals surface area (Å²) in [4.78, 5) is 8.64. The summed E-state index contributed by atoms with van der Waals surface area (Å²) >= 11 is 0. The fraction of sp³-hybridized carbons (Fsp3) is 0.176. The lowest BCUT2D eigenvalue weighted by molar-refractivity contribution is -0.0493. The molecule has 2 N–H and O–H groups in total. The van der Waals surface area contributed by atoms with Crippen LogP contribution in [0.1, 0.15) is 12.6 Å². The van der Waals surface area contributed by atoms with E-state index in [1.54, 1.807) is 30.5 Å². The minimum absolute atomic E-state index is 0. The quantitative estimate of drug-likeness (QED) is 0.753. The van der Waals surface area contributed by atoms with E-state index in [1.165, 1.54) is 6.07 Å². The Morgan fingerprint density at radius 2 is 1.96 bits per heavy atom. The predicted molar refractivity (Wildman–Crippen MR) is 92.6 cm³/mol. The second-order valence-electron chi connectivity index (χ2n) is 4.98. The van der Waals surface area contributed by atoms with Gasteiger partial charge < -0.3 is 10.5 Å². The van der Waals surface area contributed by atoms with Gasteiger partial charge in [0.1, 0.15) is 11.6 Å². The van der Waals surface area contributed by atoms with E-state index < -0.39 is 6.61 Å². The van der Waals surface area contributed by atoms with Gasteiger partial charge in [0.15, 0.2) is 0 Å². The molecule has 4 nitrogen and oxygen atoms in total. The number of aryl methyl sites for hydroxylation is 1. The second-order valence-corrected chi connectivity index (χ2v) is 4.98. The van der Waals surface area contributed by atoms with E-state index >= 15 is 0 Å². The van der Waals surface area contributed by atoms with Crippen molar-refractivity contribution in [1.29, 1.82) is 0 Å². The van der Waals surface area contributed by atoms with Crippen molar-refractivity contribution in [3.8, 4) is 16.9 Å². The van der Waals surface area contributed by atoms with Gasteiger partial charge in [-0.05, 0) is 36.8 Å². The topological polar surface area (TPSA) is 61.0 Å². The van der Waals surface area contributed by atoms with Crippen LogP contribution < -0.4 is 10.5 Å². The van der Waals surface area contributed by atoms with Gasteiger partial charge in [0.2, 0.25) is 0 Å². The van der Waals surface area contributed by atoms with E-state index in [0.717, 1.165) is 5.39 Å². The number of nitrogen functional groups attached to an aromatic ring is 1. The van der Waals surface area contributed by atoms with Crippen molar-refractivity contribution in [2.24, 2.45) is 0 Å². The number of aromatic nitrogens is 2. The highest BCUT2D eigenvalue weighted by atomic mass is 35.5. The van der Waals surface area contributed by atoms with Gasteiger partial charge in [-0.15, -0.1) is 12.4 Å². The molecule has 126 valence electrons. The van der Waals surface area contributed by atoms with Crippen LogP contribution in [0.2, 0.25) is 0 Å². The zero-order chi connectivity index (χ0) is 16.4. The summed E-state index contributed by atoms with van der Waals surface area (Å²) in [5.41, 5.74) is 8.24. The number of nitrogens with two attached hydrogens (primary N) is 1. The van der Waals surface area contributed by atoms with Gasteiger partial charge in [-0.25, -0.2) is 4.98 Å². The second kappa shape index (κ2) is 7.40. The minimum Gasteiger partial charge on any atom is -0.434 e. The fourth-order valence-corrected chi connectivity index (χ4v) is 2.60. The van der Waals surface area contributed by atoms with Crippen LogP contribution in [0.15, 0.2) is 42.6 Å². The Balaban J connectivity index is 0.00000208. The molecule has 0 aliphatic heterocycles. The molecule has 2 heterocycles. The summed E-state index contributed by atoms with van der Waals surface area (Å²) in [7, 11) is 0. The summed E-state index contributed by atoms with van der Waals surface area (Å²) in [5, 5.41) is 0.836. The van der Waals surface area contributed by atoms with Crippen molar-refractivity contribution >= 4 is 29.1 Å². The largest absolute Gasteiger partial charge is 0.434 e. The number of nitrogens with zero attached hydrogens (tertiary/aromatic N) is 2. The molecule has 0 bridgehead atoms. The number of alkyl halides is 2. The van der Waals surface area contributed by atoms with Gasteiger partial charge in [-0.2, -0.15) is 8.78 Å². The maximum atomic E-state index is 12.8. The molecule has 0 unspecified atom stereocenters.